The first kappa shape index (κ1) is 16.9. The van der Waals surface area contributed by atoms with Gasteiger partial charge in [-0.15, -0.1) is 11.3 Å². The molecule has 23 heavy (non-hydrogen) atoms. The molecule has 1 aromatic rings. The van der Waals surface area contributed by atoms with E-state index in [0.29, 0.717) is 6.04 Å². The summed E-state index contributed by atoms with van der Waals surface area (Å²) in [5, 5.41) is 6.51. The van der Waals surface area contributed by atoms with Gasteiger partial charge in [-0.25, -0.2) is 4.98 Å². The molecule has 1 amide bonds. The highest BCUT2D eigenvalue weighted by atomic mass is 32.1. The zero-order chi connectivity index (χ0) is 16.2. The number of aryl methyl sites for hydroxylation is 1. The average molecular weight is 337 g/mol. The summed E-state index contributed by atoms with van der Waals surface area (Å²) in [6, 6.07) is 0.401. The molecule has 0 radical (unpaired) electrons. The lowest BCUT2D eigenvalue weighted by atomic mass is 10.2. The SMILES string of the molecule is Cc1nc(CN2CCN([C@@H](C)C(=O)NC3CCCC3)CC2)cs1. The molecule has 128 valence electrons. The predicted octanol–water partition coefficient (Wildman–Crippen LogP) is 2.02. The molecule has 0 bridgehead atoms. The molecule has 0 unspecified atom stereocenters. The Kier molecular flexibility index (Phi) is 5.67. The van der Waals surface area contributed by atoms with E-state index >= 15 is 0 Å². The van der Waals surface area contributed by atoms with Crippen molar-refractivity contribution in [2.75, 3.05) is 26.2 Å². The van der Waals surface area contributed by atoms with Gasteiger partial charge in [0.1, 0.15) is 0 Å². The van der Waals surface area contributed by atoms with Crippen molar-refractivity contribution in [2.24, 2.45) is 0 Å². The molecule has 1 aliphatic carbocycles. The third-order valence-electron chi connectivity index (χ3n) is 5.09. The molecule has 1 aromatic heterocycles. The second kappa shape index (κ2) is 7.73. The standard InChI is InChI=1S/C17H28N4OS/c1-13(17(22)19-15-5-3-4-6-15)21-9-7-20(8-10-21)11-16-12-23-14(2)18-16/h12-13,15H,3-11H2,1-2H3,(H,19,22)/t13-/m0/s1. The number of hydrogen-bond acceptors (Lipinski definition) is 5. The second-order valence-corrected chi connectivity index (χ2v) is 7.90. The lowest BCUT2D eigenvalue weighted by Gasteiger charge is -2.37. The Morgan fingerprint density at radius 2 is 2.04 bits per heavy atom. The first-order valence-electron chi connectivity index (χ1n) is 8.79. The third-order valence-corrected chi connectivity index (χ3v) is 5.91. The van der Waals surface area contributed by atoms with Gasteiger partial charge >= 0.3 is 0 Å². The van der Waals surface area contributed by atoms with Gasteiger partial charge in [0.15, 0.2) is 0 Å². The molecule has 1 saturated carbocycles. The molecule has 0 aromatic carbocycles. The maximum absolute atomic E-state index is 12.4. The minimum atomic E-state index is -0.0146. The Bertz CT molecular complexity index is 518. The van der Waals surface area contributed by atoms with Gasteiger partial charge in [0.05, 0.1) is 16.7 Å². The van der Waals surface area contributed by atoms with Crippen LogP contribution in [0.4, 0.5) is 0 Å². The van der Waals surface area contributed by atoms with Crippen LogP contribution in [-0.4, -0.2) is 59.0 Å². The summed E-state index contributed by atoms with van der Waals surface area (Å²) < 4.78 is 0. The smallest absolute Gasteiger partial charge is 0.237 e. The Labute approximate surface area is 143 Å². The normalized spacial score (nSPS) is 22.3. The molecule has 2 aliphatic rings. The Morgan fingerprint density at radius 1 is 1.35 bits per heavy atom. The average Bonchev–Trinajstić information content (AvgIpc) is 3.19. The number of hydrogen-bond donors (Lipinski definition) is 1. The first-order valence-corrected chi connectivity index (χ1v) is 9.67. The maximum atomic E-state index is 12.4. The Hall–Kier alpha value is -0.980. The van der Waals surface area contributed by atoms with Gasteiger partial charge in [-0.3, -0.25) is 14.6 Å². The van der Waals surface area contributed by atoms with Crippen LogP contribution in [0.15, 0.2) is 5.38 Å². The van der Waals surface area contributed by atoms with E-state index < -0.39 is 0 Å². The summed E-state index contributed by atoms with van der Waals surface area (Å²) in [5.41, 5.74) is 1.17. The van der Waals surface area contributed by atoms with Gasteiger partial charge in [0.25, 0.3) is 0 Å². The quantitative estimate of drug-likeness (QED) is 0.894. The van der Waals surface area contributed by atoms with Crippen molar-refractivity contribution in [3.8, 4) is 0 Å². The van der Waals surface area contributed by atoms with E-state index in [1.165, 1.54) is 18.5 Å². The summed E-state index contributed by atoms with van der Waals surface area (Å²) in [6.45, 7) is 8.97. The van der Waals surface area contributed by atoms with Crippen LogP contribution in [0.1, 0.15) is 43.3 Å². The molecule has 1 atom stereocenters. The van der Waals surface area contributed by atoms with Crippen molar-refractivity contribution in [3.63, 3.8) is 0 Å². The molecule has 2 fully saturated rings. The highest BCUT2D eigenvalue weighted by molar-refractivity contribution is 7.09. The van der Waals surface area contributed by atoms with Crippen LogP contribution in [0.25, 0.3) is 0 Å². The van der Waals surface area contributed by atoms with Crippen LogP contribution in [0, 0.1) is 6.92 Å². The number of amides is 1. The van der Waals surface area contributed by atoms with Crippen molar-refractivity contribution in [1.82, 2.24) is 20.1 Å². The lowest BCUT2D eigenvalue weighted by molar-refractivity contribution is -0.127. The van der Waals surface area contributed by atoms with Gasteiger partial charge in [-0.05, 0) is 26.7 Å². The molecule has 6 heteroatoms. The molecule has 1 saturated heterocycles. The zero-order valence-electron chi connectivity index (χ0n) is 14.3. The van der Waals surface area contributed by atoms with Crippen LogP contribution < -0.4 is 5.32 Å². The number of carbonyl (C=O) groups is 1. The minimum Gasteiger partial charge on any atom is -0.352 e. The fourth-order valence-corrected chi connectivity index (χ4v) is 4.18. The molecular formula is C17H28N4OS. The highest BCUT2D eigenvalue weighted by Gasteiger charge is 2.27. The number of nitrogens with zero attached hydrogens (tertiary/aromatic N) is 3. The van der Waals surface area contributed by atoms with Gasteiger partial charge in [0.2, 0.25) is 5.91 Å². The van der Waals surface area contributed by atoms with Crippen molar-refractivity contribution < 1.29 is 4.79 Å². The summed E-state index contributed by atoms with van der Waals surface area (Å²) in [7, 11) is 0. The molecule has 3 rings (SSSR count). The van der Waals surface area contributed by atoms with E-state index in [-0.39, 0.29) is 11.9 Å². The number of nitrogens with one attached hydrogen (secondary N) is 1. The van der Waals surface area contributed by atoms with Crippen LogP contribution in [0.2, 0.25) is 0 Å². The molecule has 0 spiro atoms. The van der Waals surface area contributed by atoms with Gasteiger partial charge in [-0.1, -0.05) is 12.8 Å². The third kappa shape index (κ3) is 4.52. The first-order chi connectivity index (χ1) is 11.1. The van der Waals surface area contributed by atoms with Crippen LogP contribution in [0.3, 0.4) is 0 Å². The summed E-state index contributed by atoms with van der Waals surface area (Å²) >= 11 is 1.72. The van der Waals surface area contributed by atoms with E-state index in [1.54, 1.807) is 11.3 Å². The summed E-state index contributed by atoms with van der Waals surface area (Å²) in [4.78, 5) is 21.7. The predicted molar refractivity (Wildman–Crippen MR) is 93.6 cm³/mol. The summed E-state index contributed by atoms with van der Waals surface area (Å²) in [6.07, 6.45) is 4.82. The molecule has 5 nitrogen and oxygen atoms in total. The second-order valence-electron chi connectivity index (χ2n) is 6.84. The van der Waals surface area contributed by atoms with E-state index in [4.69, 9.17) is 0 Å². The number of carbonyl (C=O) groups excluding carboxylic acids is 1. The number of rotatable bonds is 5. The van der Waals surface area contributed by atoms with E-state index in [0.717, 1.165) is 50.6 Å². The van der Waals surface area contributed by atoms with E-state index in [1.807, 2.05) is 6.92 Å². The summed E-state index contributed by atoms with van der Waals surface area (Å²) in [5.74, 6) is 0.209. The topological polar surface area (TPSA) is 48.5 Å². The van der Waals surface area contributed by atoms with Crippen LogP contribution in [-0.2, 0) is 11.3 Å². The Morgan fingerprint density at radius 3 is 2.65 bits per heavy atom. The minimum absolute atomic E-state index is 0.0146. The van der Waals surface area contributed by atoms with E-state index in [2.05, 4.69) is 32.4 Å². The fourth-order valence-electron chi connectivity index (χ4n) is 3.58. The number of piperazine rings is 1. The van der Waals surface area contributed by atoms with Gasteiger partial charge < -0.3 is 5.32 Å². The lowest BCUT2D eigenvalue weighted by Crippen LogP contribution is -2.54. The molecule has 1 aliphatic heterocycles. The van der Waals surface area contributed by atoms with Crippen molar-refractivity contribution >= 4 is 17.2 Å². The van der Waals surface area contributed by atoms with Crippen molar-refractivity contribution in [1.29, 1.82) is 0 Å². The van der Waals surface area contributed by atoms with Crippen molar-refractivity contribution in [2.45, 2.75) is 58.2 Å². The monoisotopic (exact) mass is 336 g/mol. The van der Waals surface area contributed by atoms with Gasteiger partial charge in [-0.2, -0.15) is 0 Å². The van der Waals surface area contributed by atoms with E-state index in [9.17, 15) is 4.79 Å². The Balaban J connectivity index is 1.43. The van der Waals surface area contributed by atoms with Crippen LogP contribution in [0.5, 0.6) is 0 Å². The largest absolute Gasteiger partial charge is 0.352 e. The van der Waals surface area contributed by atoms with Gasteiger partial charge in [0, 0.05) is 44.1 Å². The van der Waals surface area contributed by atoms with Crippen molar-refractivity contribution in [3.05, 3.63) is 16.1 Å². The number of thiazole rings is 1. The van der Waals surface area contributed by atoms with Crippen LogP contribution >= 0.6 is 11.3 Å². The maximum Gasteiger partial charge on any atom is 0.237 e. The molecule has 1 N–H and O–H groups in total. The molecular weight excluding hydrogens is 308 g/mol. The fraction of sp³-hybridized carbons (Fsp3) is 0.765. The molecule has 2 heterocycles. The highest BCUT2D eigenvalue weighted by Crippen LogP contribution is 2.18. The number of aromatic nitrogens is 1. The zero-order valence-corrected chi connectivity index (χ0v) is 15.1.